The van der Waals surface area contributed by atoms with E-state index in [4.69, 9.17) is 47.5 Å². The predicted molar refractivity (Wildman–Crippen MR) is 270 cm³/mol. The van der Waals surface area contributed by atoms with Crippen LogP contribution in [0.1, 0.15) is 127 Å². The van der Waals surface area contributed by atoms with Crippen molar-refractivity contribution in [1.82, 2.24) is 15.7 Å². The highest BCUT2D eigenvalue weighted by molar-refractivity contribution is 6.01. The molecule has 3 saturated heterocycles. The van der Waals surface area contributed by atoms with Crippen molar-refractivity contribution in [3.8, 4) is 0 Å². The summed E-state index contributed by atoms with van der Waals surface area (Å²) < 4.78 is 53.8. The van der Waals surface area contributed by atoms with Crippen LogP contribution in [0.15, 0.2) is 36.0 Å². The Hall–Kier alpha value is -5.55. The summed E-state index contributed by atoms with van der Waals surface area (Å²) in [6.45, 7) is 18.8. The number of epoxide rings is 1. The van der Waals surface area contributed by atoms with Crippen molar-refractivity contribution in [2.45, 2.75) is 175 Å². The van der Waals surface area contributed by atoms with Crippen molar-refractivity contribution in [2.24, 2.45) is 28.1 Å². The Labute approximate surface area is 450 Å². The van der Waals surface area contributed by atoms with Gasteiger partial charge in [0.25, 0.3) is 11.8 Å². The lowest BCUT2D eigenvalue weighted by Crippen LogP contribution is -2.67. The molecule has 22 nitrogen and oxygen atoms in total. The summed E-state index contributed by atoms with van der Waals surface area (Å²) in [4.78, 5) is 122. The second kappa shape index (κ2) is 25.5. The molecule has 77 heavy (non-hydrogen) atoms. The summed E-state index contributed by atoms with van der Waals surface area (Å²) >= 11 is 0. The number of hydrogen-bond acceptors (Lipinski definition) is 19. The van der Waals surface area contributed by atoms with E-state index in [-0.39, 0.29) is 78.0 Å². The summed E-state index contributed by atoms with van der Waals surface area (Å²) in [6.07, 6.45) is 6.35. The summed E-state index contributed by atoms with van der Waals surface area (Å²) in [6, 6.07) is -2.35. The topological polar surface area (TPSA) is 277 Å². The molecule has 4 aliphatic heterocycles. The molecular formula is C55H79N3O19. The molecular weight excluding hydrogens is 1010 g/mol. The molecule has 2 bridgehead atoms. The monoisotopic (exact) mass is 1090 g/mol. The van der Waals surface area contributed by atoms with E-state index in [0.29, 0.717) is 43.8 Å². The number of nitrogens with zero attached hydrogens (tertiary/aromatic N) is 1. The largest absolute Gasteiger partial charge is 0.463 e. The number of nitrogens with one attached hydrogen (secondary N) is 2. The van der Waals surface area contributed by atoms with Crippen molar-refractivity contribution < 1.29 is 90.6 Å². The number of carbonyl (C=O) groups excluding carboxylic acids is 9. The maximum Gasteiger partial charge on any atom is 0.347 e. The Bertz CT molecular complexity index is 2310. The molecule has 6 aliphatic rings. The first-order chi connectivity index (χ1) is 36.3. The second-order valence-electron chi connectivity index (χ2n) is 22.8. The summed E-state index contributed by atoms with van der Waals surface area (Å²) in [5, 5.41) is 5.98. The molecule has 2 spiro atoms. The molecule has 4 amide bonds. The van der Waals surface area contributed by atoms with E-state index in [1.54, 1.807) is 34.6 Å². The van der Waals surface area contributed by atoms with Gasteiger partial charge in [0.15, 0.2) is 0 Å². The number of rotatable bonds is 21. The lowest BCUT2D eigenvalue weighted by atomic mass is 9.51. The number of imide groups is 1. The van der Waals surface area contributed by atoms with Crippen molar-refractivity contribution in [1.29, 1.82) is 0 Å². The number of cyclic esters (lactones) is 2. The molecule has 1 saturated carbocycles. The van der Waals surface area contributed by atoms with Crippen LogP contribution in [0.4, 0.5) is 0 Å². The van der Waals surface area contributed by atoms with Crippen LogP contribution < -0.4 is 10.6 Å². The highest BCUT2D eigenvalue weighted by atomic mass is 16.7. The smallest absolute Gasteiger partial charge is 0.347 e. The van der Waals surface area contributed by atoms with E-state index < -0.39 is 123 Å². The van der Waals surface area contributed by atoms with Gasteiger partial charge < -0.3 is 58.1 Å². The lowest BCUT2D eigenvalue weighted by molar-refractivity contribution is -0.235. The van der Waals surface area contributed by atoms with Gasteiger partial charge in [-0.1, -0.05) is 65.3 Å². The zero-order valence-electron chi connectivity index (χ0n) is 46.2. The quantitative estimate of drug-likeness (QED) is 0.0410. The van der Waals surface area contributed by atoms with Gasteiger partial charge in [-0.05, 0) is 65.7 Å². The first-order valence-corrected chi connectivity index (χ1v) is 26.8. The van der Waals surface area contributed by atoms with Gasteiger partial charge >= 0.3 is 29.8 Å². The Morgan fingerprint density at radius 3 is 2.17 bits per heavy atom. The highest BCUT2D eigenvalue weighted by Gasteiger charge is 2.83. The fraction of sp³-hybridized carbons (Fsp3) is 0.727. The molecule has 0 radical (unpaired) electrons. The number of hydrogen-bond donors (Lipinski definition) is 2. The number of amides is 4. The van der Waals surface area contributed by atoms with Gasteiger partial charge in [-0.25, -0.2) is 24.0 Å². The second-order valence-corrected chi connectivity index (χ2v) is 22.8. The van der Waals surface area contributed by atoms with Gasteiger partial charge in [0.2, 0.25) is 17.9 Å². The van der Waals surface area contributed by atoms with Gasteiger partial charge in [0.1, 0.15) is 30.4 Å². The van der Waals surface area contributed by atoms with Crippen molar-refractivity contribution in [2.75, 3.05) is 52.9 Å². The van der Waals surface area contributed by atoms with Crippen LogP contribution in [0.3, 0.4) is 0 Å². The molecule has 0 aromatic heterocycles. The van der Waals surface area contributed by atoms with Crippen LogP contribution in [0, 0.1) is 28.1 Å². The van der Waals surface area contributed by atoms with Crippen molar-refractivity contribution >= 4 is 53.5 Å². The molecule has 0 aromatic rings. The van der Waals surface area contributed by atoms with Gasteiger partial charge in [-0.15, -0.1) is 5.06 Å². The zero-order chi connectivity index (χ0) is 56.5. The molecule has 428 valence electrons. The fourth-order valence-corrected chi connectivity index (χ4v) is 10.6. The first kappa shape index (κ1) is 60.7. The minimum absolute atomic E-state index is 0.0134. The van der Waals surface area contributed by atoms with Crippen LogP contribution in [0.2, 0.25) is 0 Å². The first-order valence-electron chi connectivity index (χ1n) is 26.8. The average molecular weight is 1090 g/mol. The maximum atomic E-state index is 14.4. The molecule has 22 heteroatoms. The fourth-order valence-electron chi connectivity index (χ4n) is 10.6. The molecule has 4 heterocycles. The van der Waals surface area contributed by atoms with Crippen LogP contribution in [0.25, 0.3) is 0 Å². The highest BCUT2D eigenvalue weighted by Crippen LogP contribution is 2.72. The molecule has 4 fully saturated rings. The maximum absolute atomic E-state index is 14.4. The zero-order valence-corrected chi connectivity index (χ0v) is 46.2. The molecule has 6 rings (SSSR count). The molecule has 10 atom stereocenters. The minimum atomic E-state index is -1.51. The number of esters is 4. The average Bonchev–Trinajstić information content (AvgIpc) is 4.10. The third-order valence-electron chi connectivity index (χ3n) is 16.0. The third-order valence-corrected chi connectivity index (χ3v) is 16.0. The van der Waals surface area contributed by atoms with Crippen LogP contribution >= 0.6 is 0 Å². The van der Waals surface area contributed by atoms with Crippen LogP contribution in [0.5, 0.6) is 0 Å². The third kappa shape index (κ3) is 14.4. The summed E-state index contributed by atoms with van der Waals surface area (Å²) in [5.41, 5.74) is -3.05. The van der Waals surface area contributed by atoms with Gasteiger partial charge in [-0.2, -0.15) is 0 Å². The SMILES string of the molecule is CC1=CC2O[C@@H]3C[C@H]4OC(=O)/C=C\C=C\C(=O)OCC[C@@H](C)[C@H](OC(=O)[C@H](C)NC(=O)[C@@H](NC(=O)C(C)(C)CCOCCOC(C)(C)CCOCCC(=O)ON5C(=O)CCC5=O)C(C)C)C(=O)OC[C@@]2(CC1)[C@]4(C)[C@]31CO1. The predicted octanol–water partition coefficient (Wildman–Crippen LogP) is 4.00. The molecule has 1 unspecified atom stereocenters. The Morgan fingerprint density at radius 1 is 0.831 bits per heavy atom. The standard InChI is InChI=1S/C55H79N3O19/c1-33(2)45(57-50(67)51(6,7)21-25-69-27-28-72-52(8,9)22-26-68-23-19-44(63)77-58-40(59)15-16-41(58)60)47(64)56-36(5)48(65)76-46-35(4)18-24-70-42(61)13-11-12-14-43(62)75-37-30-39-55(32-73-55)53(37,10)54(31-71-49(46)66)20-17-34(3)29-38(54)74-39/h11-14,29,33,35-39,45-46H,15-28,30-32H2,1-10H3,(H,56,64)(H,57,67)/b13-11+,14-12-/t35-,36+,37-,38?,39-,45+,46+,53-,54-,55+/m1/s1. The van der Waals surface area contributed by atoms with Crippen molar-refractivity contribution in [3.05, 3.63) is 36.0 Å². The number of ether oxygens (including phenoxy) is 9. The number of carbonyl (C=O) groups is 9. The van der Waals surface area contributed by atoms with E-state index in [0.717, 1.165) is 11.6 Å². The molecule has 2 aliphatic carbocycles. The molecule has 2 N–H and O–H groups in total. The van der Waals surface area contributed by atoms with E-state index >= 15 is 0 Å². The Balaban J connectivity index is 0.996. The number of hydroxylamine groups is 2. The van der Waals surface area contributed by atoms with Crippen LogP contribution in [-0.2, 0) is 90.6 Å². The normalized spacial score (nSPS) is 30.4. The summed E-state index contributed by atoms with van der Waals surface area (Å²) in [5.74, 6) is -7.22. The van der Waals surface area contributed by atoms with E-state index in [1.165, 1.54) is 25.2 Å². The van der Waals surface area contributed by atoms with E-state index in [1.807, 2.05) is 33.8 Å². The Morgan fingerprint density at radius 2 is 1.49 bits per heavy atom. The van der Waals surface area contributed by atoms with Gasteiger partial charge in [-0.3, -0.25) is 19.2 Å². The van der Waals surface area contributed by atoms with E-state index in [9.17, 15) is 43.2 Å². The minimum Gasteiger partial charge on any atom is -0.463 e. The van der Waals surface area contributed by atoms with Gasteiger partial charge in [0.05, 0.1) is 62.7 Å². The van der Waals surface area contributed by atoms with Crippen molar-refractivity contribution in [3.63, 3.8) is 0 Å². The lowest BCUT2D eigenvalue weighted by Gasteiger charge is -2.58. The van der Waals surface area contributed by atoms with Gasteiger partial charge in [0, 0.05) is 61.4 Å². The summed E-state index contributed by atoms with van der Waals surface area (Å²) in [7, 11) is 0. The number of allylic oxidation sites excluding steroid dienone is 3. The van der Waals surface area contributed by atoms with E-state index in [2.05, 4.69) is 10.6 Å². The Kier molecular flexibility index (Phi) is 20.1. The van der Waals surface area contributed by atoms with Crippen LogP contribution in [-0.4, -0.2) is 159 Å². The molecule has 0 aromatic carbocycles.